The molecule has 60 valence electrons. The number of hydrogen-bond acceptors (Lipinski definition) is 4. The Hall–Kier alpha value is -2.16. The minimum Gasteiger partial charge on any atom is -0.358 e. The van der Waals surface area contributed by atoms with Crippen molar-refractivity contribution in [1.82, 2.24) is 4.98 Å². The van der Waals surface area contributed by atoms with E-state index in [9.17, 15) is 14.9 Å². The SMILES string of the molecule is N#Cc1cc(=O)cc([N+](=O)[O-])[nH]1. The van der Waals surface area contributed by atoms with Gasteiger partial charge in [0.15, 0.2) is 5.43 Å². The zero-order chi connectivity index (χ0) is 9.14. The molecule has 0 aromatic carbocycles. The quantitative estimate of drug-likeness (QED) is 0.472. The number of aromatic amines is 1. The Kier molecular flexibility index (Phi) is 1.88. The van der Waals surface area contributed by atoms with Gasteiger partial charge >= 0.3 is 5.82 Å². The molecule has 0 spiro atoms. The van der Waals surface area contributed by atoms with Crippen LogP contribution in [0.5, 0.6) is 0 Å². The summed E-state index contributed by atoms with van der Waals surface area (Å²) in [6.45, 7) is 0. The maximum Gasteiger partial charge on any atom is 0.325 e. The average Bonchev–Trinajstić information content (AvgIpc) is 2.03. The highest BCUT2D eigenvalue weighted by Gasteiger charge is 2.06. The molecule has 12 heavy (non-hydrogen) atoms. The molecule has 1 rings (SSSR count). The van der Waals surface area contributed by atoms with E-state index < -0.39 is 16.2 Å². The fourth-order valence-electron chi connectivity index (χ4n) is 0.687. The zero-order valence-electron chi connectivity index (χ0n) is 5.77. The lowest BCUT2D eigenvalue weighted by molar-refractivity contribution is -0.389. The second-order valence-electron chi connectivity index (χ2n) is 1.98. The molecule has 0 fully saturated rings. The number of hydrogen-bond donors (Lipinski definition) is 1. The van der Waals surface area contributed by atoms with Gasteiger partial charge in [-0.25, -0.2) is 4.98 Å². The van der Waals surface area contributed by atoms with Gasteiger partial charge in [0.2, 0.25) is 5.69 Å². The van der Waals surface area contributed by atoms with Gasteiger partial charge in [-0.1, -0.05) is 0 Å². The van der Waals surface area contributed by atoms with Gasteiger partial charge < -0.3 is 10.1 Å². The molecule has 0 unspecified atom stereocenters. The minimum absolute atomic E-state index is 0.116. The smallest absolute Gasteiger partial charge is 0.325 e. The molecule has 0 amide bonds. The molecule has 0 aliphatic carbocycles. The van der Waals surface area contributed by atoms with Gasteiger partial charge in [0.1, 0.15) is 6.07 Å². The molecular formula is C6H3N3O3. The summed E-state index contributed by atoms with van der Waals surface area (Å²) in [6, 6.07) is 3.42. The lowest BCUT2D eigenvalue weighted by atomic mass is 10.3. The topological polar surface area (TPSA) is 99.8 Å². The maximum atomic E-state index is 10.7. The zero-order valence-corrected chi connectivity index (χ0v) is 5.77. The molecule has 0 aliphatic heterocycles. The van der Waals surface area contributed by atoms with Crippen molar-refractivity contribution in [3.05, 3.63) is 38.2 Å². The summed E-state index contributed by atoms with van der Waals surface area (Å²) in [5, 5.41) is 18.5. The van der Waals surface area contributed by atoms with Crippen LogP contribution in [0.4, 0.5) is 5.82 Å². The molecule has 1 aromatic rings. The third-order valence-electron chi connectivity index (χ3n) is 1.15. The Labute approximate surface area is 66.2 Å². The summed E-state index contributed by atoms with van der Waals surface area (Å²) in [5.41, 5.74) is -0.675. The number of nitro groups is 1. The van der Waals surface area contributed by atoms with Crippen LogP contribution in [-0.4, -0.2) is 9.91 Å². The van der Waals surface area contributed by atoms with Crippen molar-refractivity contribution in [2.24, 2.45) is 0 Å². The number of H-pyrrole nitrogens is 1. The Morgan fingerprint density at radius 3 is 2.75 bits per heavy atom. The van der Waals surface area contributed by atoms with Crippen LogP contribution in [0, 0.1) is 21.4 Å². The van der Waals surface area contributed by atoms with E-state index in [0.717, 1.165) is 12.1 Å². The average molecular weight is 165 g/mol. The van der Waals surface area contributed by atoms with E-state index in [-0.39, 0.29) is 5.69 Å². The summed E-state index contributed by atoms with van der Waals surface area (Å²) in [7, 11) is 0. The molecule has 1 heterocycles. The first-order chi connectivity index (χ1) is 5.63. The molecule has 0 aliphatic rings. The van der Waals surface area contributed by atoms with Crippen LogP contribution in [0.1, 0.15) is 5.69 Å². The van der Waals surface area contributed by atoms with Crippen LogP contribution >= 0.6 is 0 Å². The van der Waals surface area contributed by atoms with Gasteiger partial charge in [-0.05, 0) is 4.92 Å². The van der Waals surface area contributed by atoms with Crippen LogP contribution < -0.4 is 5.43 Å². The molecule has 1 N–H and O–H groups in total. The van der Waals surface area contributed by atoms with Gasteiger partial charge in [0.25, 0.3) is 0 Å². The fraction of sp³-hybridized carbons (Fsp3) is 0. The van der Waals surface area contributed by atoms with Gasteiger partial charge in [0, 0.05) is 6.07 Å². The minimum atomic E-state index is -0.762. The third kappa shape index (κ3) is 1.46. The first kappa shape index (κ1) is 7.94. The van der Waals surface area contributed by atoms with E-state index in [0.29, 0.717) is 0 Å². The van der Waals surface area contributed by atoms with E-state index in [4.69, 9.17) is 5.26 Å². The Morgan fingerprint density at radius 2 is 2.25 bits per heavy atom. The van der Waals surface area contributed by atoms with E-state index in [1.54, 1.807) is 6.07 Å². The van der Waals surface area contributed by atoms with Crippen molar-refractivity contribution in [2.45, 2.75) is 0 Å². The summed E-state index contributed by atoms with van der Waals surface area (Å²) in [5.74, 6) is -0.473. The molecule has 0 radical (unpaired) electrons. The highest BCUT2D eigenvalue weighted by molar-refractivity contribution is 5.28. The second kappa shape index (κ2) is 2.84. The molecule has 1 aromatic heterocycles. The standard InChI is InChI=1S/C6H3N3O3/c7-3-4-1-5(10)2-6(8-4)9(11)12/h1-2H,(H,8,10). The van der Waals surface area contributed by atoms with Crippen molar-refractivity contribution in [1.29, 1.82) is 5.26 Å². The molecular weight excluding hydrogens is 162 g/mol. The van der Waals surface area contributed by atoms with E-state index in [1.165, 1.54) is 0 Å². The lowest BCUT2D eigenvalue weighted by Gasteiger charge is -1.91. The number of pyridine rings is 1. The second-order valence-corrected chi connectivity index (χ2v) is 1.98. The predicted octanol–water partition coefficient (Wildman–Crippen LogP) is 0.155. The van der Waals surface area contributed by atoms with E-state index >= 15 is 0 Å². The number of nitrogens with one attached hydrogen (secondary N) is 1. The summed E-state index contributed by atoms with van der Waals surface area (Å²) in [4.78, 5) is 22.3. The van der Waals surface area contributed by atoms with Gasteiger partial charge in [-0.2, -0.15) is 5.26 Å². The molecule has 0 saturated heterocycles. The number of nitriles is 1. The predicted molar refractivity (Wildman–Crippen MR) is 38.4 cm³/mol. The largest absolute Gasteiger partial charge is 0.358 e. The third-order valence-corrected chi connectivity index (χ3v) is 1.15. The van der Waals surface area contributed by atoms with E-state index in [1.807, 2.05) is 0 Å². The molecule has 6 nitrogen and oxygen atoms in total. The highest BCUT2D eigenvalue weighted by atomic mass is 16.6. The van der Waals surface area contributed by atoms with Crippen LogP contribution in [-0.2, 0) is 0 Å². The summed E-state index contributed by atoms with van der Waals surface area (Å²) < 4.78 is 0. The van der Waals surface area contributed by atoms with Crippen LogP contribution in [0.3, 0.4) is 0 Å². The number of aromatic nitrogens is 1. The Balaban J connectivity index is 3.36. The van der Waals surface area contributed by atoms with Crippen molar-refractivity contribution in [2.75, 3.05) is 0 Å². The normalized spacial score (nSPS) is 8.92. The van der Waals surface area contributed by atoms with Gasteiger partial charge in [0.05, 0.1) is 6.07 Å². The lowest BCUT2D eigenvalue weighted by Crippen LogP contribution is -2.04. The highest BCUT2D eigenvalue weighted by Crippen LogP contribution is 2.02. The Morgan fingerprint density at radius 1 is 1.58 bits per heavy atom. The van der Waals surface area contributed by atoms with Crippen molar-refractivity contribution in [3.8, 4) is 6.07 Å². The Bertz CT molecular complexity index is 415. The number of rotatable bonds is 1. The molecule has 6 heteroatoms. The van der Waals surface area contributed by atoms with Crippen LogP contribution in [0.25, 0.3) is 0 Å². The number of nitrogens with zero attached hydrogens (tertiary/aromatic N) is 2. The van der Waals surface area contributed by atoms with Gasteiger partial charge in [-0.3, -0.25) is 4.79 Å². The van der Waals surface area contributed by atoms with Crippen LogP contribution in [0.15, 0.2) is 16.9 Å². The first-order valence-electron chi connectivity index (χ1n) is 2.92. The molecule has 0 bridgehead atoms. The first-order valence-corrected chi connectivity index (χ1v) is 2.92. The summed E-state index contributed by atoms with van der Waals surface area (Å²) >= 11 is 0. The summed E-state index contributed by atoms with van der Waals surface area (Å²) in [6.07, 6.45) is 0. The maximum absolute atomic E-state index is 10.7. The molecule has 0 saturated carbocycles. The van der Waals surface area contributed by atoms with E-state index in [2.05, 4.69) is 4.98 Å². The van der Waals surface area contributed by atoms with Crippen molar-refractivity contribution in [3.63, 3.8) is 0 Å². The monoisotopic (exact) mass is 165 g/mol. The van der Waals surface area contributed by atoms with Gasteiger partial charge in [-0.15, -0.1) is 0 Å². The molecule has 0 atom stereocenters. The van der Waals surface area contributed by atoms with Crippen LogP contribution in [0.2, 0.25) is 0 Å². The van der Waals surface area contributed by atoms with Crippen molar-refractivity contribution >= 4 is 5.82 Å². The fourth-order valence-corrected chi connectivity index (χ4v) is 0.687. The van der Waals surface area contributed by atoms with Crippen molar-refractivity contribution < 1.29 is 4.92 Å².